The van der Waals surface area contributed by atoms with Gasteiger partial charge in [-0.3, -0.25) is 0 Å². The first kappa shape index (κ1) is 10.4. The zero-order valence-electron chi connectivity index (χ0n) is 6.16. The maximum absolute atomic E-state index is 12.5. The average molecular weight is 226 g/mol. The van der Waals surface area contributed by atoms with Crippen molar-refractivity contribution in [2.24, 2.45) is 0 Å². The molecule has 1 aromatic carbocycles. The number of hydrogen-bond donors (Lipinski definition) is 2. The molecule has 0 heterocycles. The van der Waals surface area contributed by atoms with E-state index in [1.807, 2.05) is 0 Å². The quantitative estimate of drug-likeness (QED) is 0.742. The van der Waals surface area contributed by atoms with E-state index in [0.29, 0.717) is 0 Å². The summed E-state index contributed by atoms with van der Waals surface area (Å²) in [6, 6.07) is 2.72. The van der Waals surface area contributed by atoms with E-state index >= 15 is 0 Å². The van der Waals surface area contributed by atoms with Crippen molar-refractivity contribution in [3.63, 3.8) is 0 Å². The molecule has 0 aliphatic rings. The molecule has 2 N–H and O–H groups in total. The van der Waals surface area contributed by atoms with Crippen LogP contribution in [0.5, 0.6) is 0 Å². The molecule has 0 radical (unpaired) electrons. The summed E-state index contributed by atoms with van der Waals surface area (Å²) in [6.07, 6.45) is 0. The predicted molar refractivity (Wildman–Crippen MR) is 43.5 cm³/mol. The number of benzene rings is 1. The van der Waals surface area contributed by atoms with Gasteiger partial charge < -0.3 is 5.21 Å². The van der Waals surface area contributed by atoms with Gasteiger partial charge in [0.25, 0.3) is 10.0 Å². The van der Waals surface area contributed by atoms with Crippen molar-refractivity contribution in [3.05, 3.63) is 29.0 Å². The molecule has 4 nitrogen and oxygen atoms in total. The van der Waals surface area contributed by atoms with Crippen LogP contribution >= 0.6 is 11.6 Å². The van der Waals surface area contributed by atoms with E-state index in [4.69, 9.17) is 16.8 Å². The Morgan fingerprint density at radius 1 is 1.46 bits per heavy atom. The lowest BCUT2D eigenvalue weighted by atomic mass is 10.3. The second-order valence-electron chi connectivity index (χ2n) is 2.17. The van der Waals surface area contributed by atoms with Gasteiger partial charge in [-0.05, 0) is 18.2 Å². The Hall–Kier alpha value is -0.690. The summed E-state index contributed by atoms with van der Waals surface area (Å²) in [5.74, 6) is -0.651. The van der Waals surface area contributed by atoms with Gasteiger partial charge in [-0.25, -0.2) is 12.8 Å². The van der Waals surface area contributed by atoms with Crippen molar-refractivity contribution in [2.75, 3.05) is 0 Å². The Morgan fingerprint density at radius 3 is 2.54 bits per heavy atom. The minimum atomic E-state index is -4.04. The van der Waals surface area contributed by atoms with Crippen molar-refractivity contribution < 1.29 is 18.0 Å². The minimum Gasteiger partial charge on any atom is -0.302 e. The maximum Gasteiger partial charge on any atom is 0.263 e. The third kappa shape index (κ3) is 2.16. The van der Waals surface area contributed by atoms with E-state index in [-0.39, 0.29) is 9.92 Å². The lowest BCUT2D eigenvalue weighted by Gasteiger charge is -2.02. The molecule has 0 saturated carbocycles. The molecule has 0 atom stereocenters. The molecule has 0 aliphatic carbocycles. The second kappa shape index (κ2) is 3.59. The van der Waals surface area contributed by atoms with Crippen molar-refractivity contribution in [2.45, 2.75) is 4.90 Å². The lowest BCUT2D eigenvalue weighted by molar-refractivity contribution is 0.242. The lowest BCUT2D eigenvalue weighted by Crippen LogP contribution is -2.19. The molecule has 1 rings (SSSR count). The van der Waals surface area contributed by atoms with Crippen LogP contribution in [-0.2, 0) is 10.0 Å². The molecule has 0 spiro atoms. The van der Waals surface area contributed by atoms with E-state index in [1.165, 1.54) is 0 Å². The number of halogens is 2. The summed E-state index contributed by atoms with van der Waals surface area (Å²) in [5, 5.41) is 7.96. The fraction of sp³-hybridized carbons (Fsp3) is 0. The number of hydrogen-bond acceptors (Lipinski definition) is 3. The topological polar surface area (TPSA) is 66.4 Å². The van der Waals surface area contributed by atoms with Crippen LogP contribution in [-0.4, -0.2) is 13.6 Å². The highest BCUT2D eigenvalue weighted by atomic mass is 35.5. The zero-order chi connectivity index (χ0) is 10.1. The molecule has 72 valence electrons. The van der Waals surface area contributed by atoms with Crippen LogP contribution in [0.15, 0.2) is 23.1 Å². The fourth-order valence-corrected chi connectivity index (χ4v) is 1.88. The molecule has 0 amide bonds. The Bertz CT molecular complexity index is 420. The highest BCUT2D eigenvalue weighted by Crippen LogP contribution is 2.21. The first-order valence-electron chi connectivity index (χ1n) is 3.08. The van der Waals surface area contributed by atoms with Gasteiger partial charge in [0.1, 0.15) is 10.7 Å². The first-order valence-corrected chi connectivity index (χ1v) is 4.94. The molecule has 0 bridgehead atoms. The maximum atomic E-state index is 12.5. The van der Waals surface area contributed by atoms with Crippen LogP contribution in [0.25, 0.3) is 0 Å². The van der Waals surface area contributed by atoms with Crippen LogP contribution in [0.4, 0.5) is 4.39 Å². The third-order valence-corrected chi connectivity index (χ3v) is 2.90. The number of sulfonamides is 1. The summed E-state index contributed by atoms with van der Waals surface area (Å²) in [6.45, 7) is 0. The van der Waals surface area contributed by atoms with E-state index in [1.54, 1.807) is 0 Å². The Morgan fingerprint density at radius 2 is 2.08 bits per heavy atom. The highest BCUT2D eigenvalue weighted by Gasteiger charge is 2.16. The minimum absolute atomic E-state index is 0.290. The second-order valence-corrected chi connectivity index (χ2v) is 4.21. The SMILES string of the molecule is O=S(=O)(NO)c1ccc(F)cc1Cl. The van der Waals surface area contributed by atoms with Gasteiger partial charge >= 0.3 is 0 Å². The summed E-state index contributed by atoms with van der Waals surface area (Å²) in [5.41, 5.74) is 0. The molecular weight excluding hydrogens is 221 g/mol. The fourth-order valence-electron chi connectivity index (χ4n) is 0.742. The van der Waals surface area contributed by atoms with Crippen molar-refractivity contribution in [1.82, 2.24) is 4.89 Å². The predicted octanol–water partition coefficient (Wildman–Crippen LogP) is 1.15. The Balaban J connectivity index is 3.33. The van der Waals surface area contributed by atoms with Gasteiger partial charge in [0.05, 0.1) is 5.02 Å². The highest BCUT2D eigenvalue weighted by molar-refractivity contribution is 7.89. The van der Waals surface area contributed by atoms with Gasteiger partial charge in [-0.1, -0.05) is 16.5 Å². The number of nitrogens with one attached hydrogen (secondary N) is 1. The summed E-state index contributed by atoms with van der Waals surface area (Å²) >= 11 is 5.42. The van der Waals surface area contributed by atoms with Crippen molar-refractivity contribution in [3.8, 4) is 0 Å². The molecule has 13 heavy (non-hydrogen) atoms. The molecule has 7 heteroatoms. The normalized spacial score (nSPS) is 11.6. The standard InChI is InChI=1S/C6H5ClFNO3S/c7-5-3-4(8)1-2-6(5)13(11,12)9-10/h1-3,9-10H. The number of rotatable bonds is 2. The first-order chi connectivity index (χ1) is 5.97. The van der Waals surface area contributed by atoms with Gasteiger partial charge in [0.15, 0.2) is 0 Å². The van der Waals surface area contributed by atoms with Crippen LogP contribution in [0.2, 0.25) is 5.02 Å². The van der Waals surface area contributed by atoms with Gasteiger partial charge in [-0.15, -0.1) is 0 Å². The van der Waals surface area contributed by atoms with E-state index < -0.39 is 15.8 Å². The summed E-state index contributed by atoms with van der Waals surface area (Å²) in [7, 11) is -4.04. The zero-order valence-corrected chi connectivity index (χ0v) is 7.73. The molecule has 0 saturated heterocycles. The molecule has 0 aromatic heterocycles. The summed E-state index contributed by atoms with van der Waals surface area (Å²) in [4.78, 5) is 0.706. The average Bonchev–Trinajstić information content (AvgIpc) is 2.03. The Kier molecular flexibility index (Phi) is 2.87. The Labute approximate surface area is 79.0 Å². The van der Waals surface area contributed by atoms with Crippen molar-refractivity contribution >= 4 is 21.6 Å². The molecule has 0 unspecified atom stereocenters. The molecule has 1 aromatic rings. The van der Waals surface area contributed by atoms with Crippen LogP contribution in [0.3, 0.4) is 0 Å². The van der Waals surface area contributed by atoms with Crippen LogP contribution < -0.4 is 4.89 Å². The van der Waals surface area contributed by atoms with Crippen LogP contribution in [0, 0.1) is 5.82 Å². The summed E-state index contributed by atoms with van der Waals surface area (Å²) < 4.78 is 34.4. The van der Waals surface area contributed by atoms with Crippen LogP contribution in [0.1, 0.15) is 0 Å². The molecule has 0 aliphatic heterocycles. The van der Waals surface area contributed by atoms with Gasteiger partial charge in [0, 0.05) is 0 Å². The molecular formula is C6H5ClFNO3S. The third-order valence-electron chi connectivity index (χ3n) is 1.30. The molecule has 0 fully saturated rings. The van der Waals surface area contributed by atoms with E-state index in [2.05, 4.69) is 0 Å². The van der Waals surface area contributed by atoms with Crippen molar-refractivity contribution in [1.29, 1.82) is 0 Å². The smallest absolute Gasteiger partial charge is 0.263 e. The van der Waals surface area contributed by atoms with E-state index in [9.17, 15) is 12.8 Å². The monoisotopic (exact) mass is 225 g/mol. The van der Waals surface area contributed by atoms with E-state index in [0.717, 1.165) is 23.1 Å². The largest absolute Gasteiger partial charge is 0.302 e. The van der Waals surface area contributed by atoms with Gasteiger partial charge in [0.2, 0.25) is 0 Å². The van der Waals surface area contributed by atoms with Gasteiger partial charge in [-0.2, -0.15) is 0 Å².